The van der Waals surface area contributed by atoms with Crippen LogP contribution in [-0.2, 0) is 0 Å². The molecule has 1 aliphatic rings. The van der Waals surface area contributed by atoms with Crippen molar-refractivity contribution in [2.75, 3.05) is 0 Å². The summed E-state index contributed by atoms with van der Waals surface area (Å²) in [5.74, 6) is 0.506. The van der Waals surface area contributed by atoms with Crippen LogP contribution in [0.4, 0.5) is 0 Å². The molecule has 0 amide bonds. The van der Waals surface area contributed by atoms with Crippen molar-refractivity contribution in [3.63, 3.8) is 0 Å². The standard InChI is InChI=1S/C12H24O/c1-6-7-8-9(13)10-11(2,3)12(10,4)5/h9-10,13H,6-8H2,1-5H3. The smallest absolute Gasteiger partial charge is 0.0579 e. The maximum atomic E-state index is 9.99. The SMILES string of the molecule is CCCCC(O)C1C(C)(C)C1(C)C. The minimum atomic E-state index is -0.0788. The van der Waals surface area contributed by atoms with Gasteiger partial charge in [-0.15, -0.1) is 0 Å². The summed E-state index contributed by atoms with van der Waals surface area (Å²) in [5, 5.41) is 9.99. The van der Waals surface area contributed by atoms with E-state index in [9.17, 15) is 5.11 Å². The van der Waals surface area contributed by atoms with Crippen molar-refractivity contribution in [2.45, 2.75) is 60.0 Å². The molecule has 1 unspecified atom stereocenters. The Bertz CT molecular complexity index is 168. The van der Waals surface area contributed by atoms with E-state index in [0.717, 1.165) is 12.8 Å². The van der Waals surface area contributed by atoms with E-state index in [2.05, 4.69) is 34.6 Å². The van der Waals surface area contributed by atoms with E-state index in [1.165, 1.54) is 6.42 Å². The fraction of sp³-hybridized carbons (Fsp3) is 1.00. The zero-order chi connectivity index (χ0) is 10.3. The molecule has 1 atom stereocenters. The van der Waals surface area contributed by atoms with Crippen molar-refractivity contribution in [1.29, 1.82) is 0 Å². The molecule has 0 heterocycles. The van der Waals surface area contributed by atoms with E-state index in [0.29, 0.717) is 16.7 Å². The average Bonchev–Trinajstić information content (AvgIpc) is 2.39. The first kappa shape index (κ1) is 11.0. The second-order valence-corrected chi connectivity index (χ2v) is 5.63. The van der Waals surface area contributed by atoms with Crippen molar-refractivity contribution in [3.05, 3.63) is 0 Å². The fourth-order valence-electron chi connectivity index (χ4n) is 2.79. The molecule has 0 aromatic carbocycles. The van der Waals surface area contributed by atoms with Crippen molar-refractivity contribution in [2.24, 2.45) is 16.7 Å². The van der Waals surface area contributed by atoms with Crippen molar-refractivity contribution < 1.29 is 5.11 Å². The highest BCUT2D eigenvalue weighted by Crippen LogP contribution is 2.70. The Morgan fingerprint density at radius 1 is 1.15 bits per heavy atom. The van der Waals surface area contributed by atoms with Gasteiger partial charge in [0.25, 0.3) is 0 Å². The molecule has 1 fully saturated rings. The van der Waals surface area contributed by atoms with E-state index in [1.807, 2.05) is 0 Å². The summed E-state index contributed by atoms with van der Waals surface area (Å²) in [4.78, 5) is 0. The van der Waals surface area contributed by atoms with Crippen molar-refractivity contribution in [3.8, 4) is 0 Å². The van der Waals surface area contributed by atoms with Crippen LogP contribution in [0.3, 0.4) is 0 Å². The van der Waals surface area contributed by atoms with Crippen molar-refractivity contribution in [1.82, 2.24) is 0 Å². The highest BCUT2D eigenvalue weighted by molar-refractivity contribution is 5.14. The van der Waals surface area contributed by atoms with Crippen LogP contribution in [-0.4, -0.2) is 11.2 Å². The average molecular weight is 184 g/mol. The number of aliphatic hydroxyl groups excluding tert-OH is 1. The predicted molar refractivity (Wildman–Crippen MR) is 56.6 cm³/mol. The van der Waals surface area contributed by atoms with E-state index in [1.54, 1.807) is 0 Å². The third-order valence-electron chi connectivity index (χ3n) is 4.37. The Morgan fingerprint density at radius 3 is 1.92 bits per heavy atom. The van der Waals surface area contributed by atoms with Gasteiger partial charge >= 0.3 is 0 Å². The monoisotopic (exact) mass is 184 g/mol. The molecule has 0 radical (unpaired) electrons. The largest absolute Gasteiger partial charge is 0.393 e. The topological polar surface area (TPSA) is 20.2 Å². The van der Waals surface area contributed by atoms with Gasteiger partial charge in [-0.3, -0.25) is 0 Å². The summed E-state index contributed by atoms with van der Waals surface area (Å²) in [6.07, 6.45) is 3.24. The molecule has 1 saturated carbocycles. The van der Waals surface area contributed by atoms with Crippen LogP contribution >= 0.6 is 0 Å². The van der Waals surface area contributed by atoms with Gasteiger partial charge in [0.2, 0.25) is 0 Å². The molecule has 0 spiro atoms. The van der Waals surface area contributed by atoms with Gasteiger partial charge in [0.05, 0.1) is 6.10 Å². The summed E-state index contributed by atoms with van der Waals surface area (Å²) in [6.45, 7) is 11.3. The molecular weight excluding hydrogens is 160 g/mol. The Kier molecular flexibility index (Phi) is 2.78. The van der Waals surface area contributed by atoms with Crippen LogP contribution in [0.15, 0.2) is 0 Å². The third kappa shape index (κ3) is 1.63. The fourth-order valence-corrected chi connectivity index (χ4v) is 2.79. The number of hydrogen-bond acceptors (Lipinski definition) is 1. The lowest BCUT2D eigenvalue weighted by atomic mass is 10.0. The maximum absolute atomic E-state index is 9.99. The lowest BCUT2D eigenvalue weighted by Gasteiger charge is -2.11. The van der Waals surface area contributed by atoms with E-state index >= 15 is 0 Å². The highest BCUT2D eigenvalue weighted by Gasteiger charge is 2.66. The Hall–Kier alpha value is -0.0400. The zero-order valence-electron chi connectivity index (χ0n) is 9.72. The van der Waals surface area contributed by atoms with Gasteiger partial charge in [-0.1, -0.05) is 47.5 Å². The van der Waals surface area contributed by atoms with Crippen LogP contribution in [0.1, 0.15) is 53.9 Å². The quantitative estimate of drug-likeness (QED) is 0.711. The predicted octanol–water partition coefficient (Wildman–Crippen LogP) is 3.22. The van der Waals surface area contributed by atoms with Gasteiger partial charge in [0.1, 0.15) is 0 Å². The zero-order valence-corrected chi connectivity index (χ0v) is 9.72. The van der Waals surface area contributed by atoms with Gasteiger partial charge in [0, 0.05) is 0 Å². The van der Waals surface area contributed by atoms with E-state index < -0.39 is 0 Å². The van der Waals surface area contributed by atoms with Crippen LogP contribution in [0.5, 0.6) is 0 Å². The van der Waals surface area contributed by atoms with E-state index in [4.69, 9.17) is 0 Å². The third-order valence-corrected chi connectivity index (χ3v) is 4.37. The molecule has 0 aromatic rings. The van der Waals surface area contributed by atoms with Crippen LogP contribution in [0.25, 0.3) is 0 Å². The number of unbranched alkanes of at least 4 members (excludes halogenated alkanes) is 1. The lowest BCUT2D eigenvalue weighted by molar-refractivity contribution is 0.117. The Balaban J connectivity index is 2.47. The molecule has 0 aliphatic heterocycles. The molecule has 0 saturated heterocycles. The molecule has 1 N–H and O–H groups in total. The van der Waals surface area contributed by atoms with Gasteiger partial charge in [-0.05, 0) is 23.2 Å². The molecule has 1 nitrogen and oxygen atoms in total. The van der Waals surface area contributed by atoms with Gasteiger partial charge in [-0.25, -0.2) is 0 Å². The molecule has 0 aromatic heterocycles. The normalized spacial score (nSPS) is 27.2. The molecule has 0 bridgehead atoms. The molecule has 13 heavy (non-hydrogen) atoms. The van der Waals surface area contributed by atoms with Crippen LogP contribution in [0.2, 0.25) is 0 Å². The van der Waals surface area contributed by atoms with Crippen molar-refractivity contribution >= 4 is 0 Å². The summed E-state index contributed by atoms with van der Waals surface area (Å²) in [6, 6.07) is 0. The second-order valence-electron chi connectivity index (χ2n) is 5.63. The molecule has 1 heteroatoms. The van der Waals surface area contributed by atoms with E-state index in [-0.39, 0.29) is 6.10 Å². The van der Waals surface area contributed by atoms with Gasteiger partial charge in [-0.2, -0.15) is 0 Å². The van der Waals surface area contributed by atoms with Gasteiger partial charge in [0.15, 0.2) is 0 Å². The Morgan fingerprint density at radius 2 is 1.62 bits per heavy atom. The number of aliphatic hydroxyl groups is 1. The second kappa shape index (κ2) is 3.27. The first-order valence-corrected chi connectivity index (χ1v) is 5.53. The Labute approximate surface area is 82.5 Å². The minimum Gasteiger partial charge on any atom is -0.393 e. The molecule has 1 aliphatic carbocycles. The van der Waals surface area contributed by atoms with Crippen LogP contribution < -0.4 is 0 Å². The summed E-state index contributed by atoms with van der Waals surface area (Å²) in [7, 11) is 0. The summed E-state index contributed by atoms with van der Waals surface area (Å²) in [5.41, 5.74) is 0.667. The number of rotatable bonds is 4. The summed E-state index contributed by atoms with van der Waals surface area (Å²) < 4.78 is 0. The van der Waals surface area contributed by atoms with Crippen LogP contribution in [0, 0.1) is 16.7 Å². The summed E-state index contributed by atoms with van der Waals surface area (Å²) >= 11 is 0. The first-order chi connectivity index (χ1) is 5.85. The van der Waals surface area contributed by atoms with Gasteiger partial charge < -0.3 is 5.11 Å². The molecule has 78 valence electrons. The molecular formula is C12H24O. The first-order valence-electron chi connectivity index (χ1n) is 5.53. The highest BCUT2D eigenvalue weighted by atomic mass is 16.3. The minimum absolute atomic E-state index is 0.0788. The molecule has 1 rings (SSSR count). The lowest BCUT2D eigenvalue weighted by Crippen LogP contribution is -2.13. The maximum Gasteiger partial charge on any atom is 0.0579 e. The number of hydrogen-bond donors (Lipinski definition) is 1.